The molecule has 0 aromatic heterocycles. The second-order valence-electron chi connectivity index (χ2n) is 4.17. The van der Waals surface area contributed by atoms with E-state index in [0.717, 1.165) is 36.4 Å². The summed E-state index contributed by atoms with van der Waals surface area (Å²) in [5.74, 6) is 0.888. The zero-order valence-electron chi connectivity index (χ0n) is 10.1. The summed E-state index contributed by atoms with van der Waals surface area (Å²) < 4.78 is 5.34. The molecule has 2 N–H and O–H groups in total. The van der Waals surface area contributed by atoms with E-state index in [2.05, 4.69) is 0 Å². The molecule has 1 aliphatic heterocycles. The molecule has 0 atom stereocenters. The van der Waals surface area contributed by atoms with E-state index < -0.39 is 0 Å². The lowest BCUT2D eigenvalue weighted by molar-refractivity contribution is -0.119. The molecule has 2 rings (SSSR count). The molecule has 1 fully saturated rings. The molecule has 1 aromatic rings. The molecular formula is C13H18N2O2. The first kappa shape index (κ1) is 11.9. The molecule has 0 bridgehead atoms. The number of ether oxygens (including phenoxy) is 1. The molecular weight excluding hydrogens is 216 g/mol. The van der Waals surface area contributed by atoms with Crippen molar-refractivity contribution in [3.8, 4) is 5.75 Å². The van der Waals surface area contributed by atoms with Gasteiger partial charge in [0, 0.05) is 19.5 Å². The molecule has 17 heavy (non-hydrogen) atoms. The van der Waals surface area contributed by atoms with Crippen molar-refractivity contribution < 1.29 is 9.53 Å². The molecule has 0 saturated carbocycles. The van der Waals surface area contributed by atoms with E-state index in [1.165, 1.54) is 0 Å². The van der Waals surface area contributed by atoms with Crippen molar-refractivity contribution in [2.45, 2.75) is 25.8 Å². The Labute approximate surface area is 101 Å². The molecule has 1 aliphatic rings. The number of benzene rings is 1. The number of para-hydroxylation sites is 1. The highest BCUT2D eigenvalue weighted by Crippen LogP contribution is 2.34. The Morgan fingerprint density at radius 1 is 1.41 bits per heavy atom. The first-order chi connectivity index (χ1) is 8.27. The van der Waals surface area contributed by atoms with Crippen LogP contribution < -0.4 is 15.4 Å². The van der Waals surface area contributed by atoms with E-state index in [1.807, 2.05) is 23.1 Å². The summed E-state index contributed by atoms with van der Waals surface area (Å²) in [6, 6.07) is 5.72. The first-order valence-electron chi connectivity index (χ1n) is 5.94. The summed E-state index contributed by atoms with van der Waals surface area (Å²) in [7, 11) is 1.62. The second-order valence-corrected chi connectivity index (χ2v) is 4.17. The van der Waals surface area contributed by atoms with Gasteiger partial charge in [0.2, 0.25) is 5.91 Å². The molecule has 1 saturated heterocycles. The lowest BCUT2D eigenvalue weighted by atomic mass is 10.1. The zero-order chi connectivity index (χ0) is 12.3. The van der Waals surface area contributed by atoms with Gasteiger partial charge in [0.15, 0.2) is 0 Å². The van der Waals surface area contributed by atoms with Crippen LogP contribution in [-0.2, 0) is 11.3 Å². The molecule has 4 nitrogen and oxygen atoms in total. The van der Waals surface area contributed by atoms with Gasteiger partial charge in [0.1, 0.15) is 5.75 Å². The minimum absolute atomic E-state index is 0.162. The van der Waals surface area contributed by atoms with Crippen LogP contribution in [0.5, 0.6) is 5.75 Å². The average molecular weight is 234 g/mol. The predicted molar refractivity (Wildman–Crippen MR) is 67.1 cm³/mol. The summed E-state index contributed by atoms with van der Waals surface area (Å²) in [6.07, 6.45) is 2.62. The smallest absolute Gasteiger partial charge is 0.227 e. The Morgan fingerprint density at radius 2 is 2.24 bits per heavy atom. The standard InChI is InChI=1S/C13H18N2O2/c1-17-11-6-4-5-10(9-14)13(11)15-8-3-2-7-12(15)16/h4-6H,2-3,7-9,14H2,1H3. The topological polar surface area (TPSA) is 55.6 Å². The van der Waals surface area contributed by atoms with Crippen LogP contribution in [0.25, 0.3) is 0 Å². The largest absolute Gasteiger partial charge is 0.495 e. The van der Waals surface area contributed by atoms with Crippen LogP contribution in [0.15, 0.2) is 18.2 Å². The number of hydrogen-bond acceptors (Lipinski definition) is 3. The molecule has 1 aromatic carbocycles. The van der Waals surface area contributed by atoms with Gasteiger partial charge < -0.3 is 15.4 Å². The van der Waals surface area contributed by atoms with Gasteiger partial charge in [-0.25, -0.2) is 0 Å². The fourth-order valence-electron chi connectivity index (χ4n) is 2.25. The summed E-state index contributed by atoms with van der Waals surface area (Å²) in [4.78, 5) is 13.8. The summed E-state index contributed by atoms with van der Waals surface area (Å²) >= 11 is 0. The minimum Gasteiger partial charge on any atom is -0.495 e. The number of piperidine rings is 1. The van der Waals surface area contributed by atoms with Crippen LogP contribution in [-0.4, -0.2) is 19.6 Å². The average Bonchev–Trinajstić information content (AvgIpc) is 2.38. The van der Waals surface area contributed by atoms with Crippen molar-refractivity contribution >= 4 is 11.6 Å². The minimum atomic E-state index is 0.162. The molecule has 0 aliphatic carbocycles. The lowest BCUT2D eigenvalue weighted by Crippen LogP contribution is -2.36. The lowest BCUT2D eigenvalue weighted by Gasteiger charge is -2.29. The number of nitrogens with two attached hydrogens (primary N) is 1. The van der Waals surface area contributed by atoms with Gasteiger partial charge in [-0.05, 0) is 24.5 Å². The third-order valence-corrected chi connectivity index (χ3v) is 3.12. The molecule has 0 unspecified atom stereocenters. The number of amides is 1. The Kier molecular flexibility index (Phi) is 3.64. The summed E-state index contributed by atoms with van der Waals surface area (Å²) in [5, 5.41) is 0. The van der Waals surface area contributed by atoms with Crippen molar-refractivity contribution in [2.75, 3.05) is 18.6 Å². The van der Waals surface area contributed by atoms with Gasteiger partial charge in [-0.3, -0.25) is 4.79 Å². The monoisotopic (exact) mass is 234 g/mol. The van der Waals surface area contributed by atoms with Crippen molar-refractivity contribution in [3.05, 3.63) is 23.8 Å². The maximum absolute atomic E-state index is 12.0. The summed E-state index contributed by atoms with van der Waals surface area (Å²) in [6.45, 7) is 1.17. The van der Waals surface area contributed by atoms with Crippen LogP contribution in [0.4, 0.5) is 5.69 Å². The predicted octanol–water partition coefficient (Wildman–Crippen LogP) is 1.67. The zero-order valence-corrected chi connectivity index (χ0v) is 10.1. The van der Waals surface area contributed by atoms with Crippen molar-refractivity contribution in [1.29, 1.82) is 0 Å². The number of carbonyl (C=O) groups excluding carboxylic acids is 1. The molecule has 0 spiro atoms. The molecule has 92 valence electrons. The van der Waals surface area contributed by atoms with Gasteiger partial charge in [-0.1, -0.05) is 12.1 Å². The quantitative estimate of drug-likeness (QED) is 0.865. The SMILES string of the molecule is COc1cccc(CN)c1N1CCCCC1=O. The van der Waals surface area contributed by atoms with Crippen LogP contribution in [0.1, 0.15) is 24.8 Å². The maximum atomic E-state index is 12.0. The second kappa shape index (κ2) is 5.19. The van der Waals surface area contributed by atoms with Gasteiger partial charge >= 0.3 is 0 Å². The van der Waals surface area contributed by atoms with Gasteiger partial charge in [-0.15, -0.1) is 0 Å². The fraction of sp³-hybridized carbons (Fsp3) is 0.462. The highest BCUT2D eigenvalue weighted by Gasteiger charge is 2.24. The Morgan fingerprint density at radius 3 is 2.88 bits per heavy atom. The highest BCUT2D eigenvalue weighted by molar-refractivity contribution is 5.96. The van der Waals surface area contributed by atoms with E-state index in [1.54, 1.807) is 7.11 Å². The fourth-order valence-corrected chi connectivity index (χ4v) is 2.25. The van der Waals surface area contributed by atoms with E-state index in [-0.39, 0.29) is 5.91 Å². The number of nitrogens with zero attached hydrogens (tertiary/aromatic N) is 1. The molecule has 4 heteroatoms. The number of rotatable bonds is 3. The van der Waals surface area contributed by atoms with Crippen molar-refractivity contribution in [3.63, 3.8) is 0 Å². The molecule has 1 heterocycles. The van der Waals surface area contributed by atoms with Crippen LogP contribution in [0.3, 0.4) is 0 Å². The Bertz CT molecular complexity index is 396. The summed E-state index contributed by atoms with van der Waals surface area (Å²) in [5.41, 5.74) is 7.54. The number of methoxy groups -OCH3 is 1. The normalized spacial score (nSPS) is 16.1. The van der Waals surface area contributed by atoms with Gasteiger partial charge in [0.25, 0.3) is 0 Å². The number of hydrogen-bond donors (Lipinski definition) is 1. The van der Waals surface area contributed by atoms with Gasteiger partial charge in [-0.2, -0.15) is 0 Å². The number of carbonyl (C=O) groups is 1. The third kappa shape index (κ3) is 2.26. The molecule has 1 amide bonds. The van der Waals surface area contributed by atoms with Crippen LogP contribution in [0, 0.1) is 0 Å². The van der Waals surface area contributed by atoms with E-state index in [0.29, 0.717) is 13.0 Å². The van der Waals surface area contributed by atoms with Crippen LogP contribution in [0.2, 0.25) is 0 Å². The third-order valence-electron chi connectivity index (χ3n) is 3.12. The van der Waals surface area contributed by atoms with Crippen molar-refractivity contribution in [1.82, 2.24) is 0 Å². The highest BCUT2D eigenvalue weighted by atomic mass is 16.5. The Hall–Kier alpha value is -1.55. The Balaban J connectivity index is 2.44. The van der Waals surface area contributed by atoms with E-state index in [4.69, 9.17) is 10.5 Å². The number of anilines is 1. The van der Waals surface area contributed by atoms with E-state index >= 15 is 0 Å². The van der Waals surface area contributed by atoms with Crippen molar-refractivity contribution in [2.24, 2.45) is 5.73 Å². The first-order valence-corrected chi connectivity index (χ1v) is 5.94. The molecule has 0 radical (unpaired) electrons. The van der Waals surface area contributed by atoms with Crippen LogP contribution >= 0.6 is 0 Å². The maximum Gasteiger partial charge on any atom is 0.227 e. The van der Waals surface area contributed by atoms with E-state index in [9.17, 15) is 4.79 Å². The van der Waals surface area contributed by atoms with Gasteiger partial charge in [0.05, 0.1) is 12.8 Å².